The van der Waals surface area contributed by atoms with Crippen LogP contribution in [0.15, 0.2) is 29.2 Å². The van der Waals surface area contributed by atoms with Gasteiger partial charge in [0.2, 0.25) is 5.91 Å². The zero-order valence-corrected chi connectivity index (χ0v) is 12.3. The van der Waals surface area contributed by atoms with Crippen LogP contribution < -0.4 is 21.3 Å². The summed E-state index contributed by atoms with van der Waals surface area (Å²) in [4.78, 5) is 36.0. The zero-order valence-electron chi connectivity index (χ0n) is 12.3. The Balaban J connectivity index is 2.09. The molecular formula is C15H16N4O4. The fourth-order valence-electron chi connectivity index (χ4n) is 2.60. The van der Waals surface area contributed by atoms with Gasteiger partial charge in [0.15, 0.2) is 0 Å². The van der Waals surface area contributed by atoms with Crippen LogP contribution in [0.4, 0.5) is 0 Å². The third-order valence-corrected chi connectivity index (χ3v) is 3.68. The van der Waals surface area contributed by atoms with Gasteiger partial charge in [0.1, 0.15) is 18.4 Å². The van der Waals surface area contributed by atoms with Gasteiger partial charge in [-0.2, -0.15) is 5.10 Å². The van der Waals surface area contributed by atoms with E-state index in [1.54, 1.807) is 18.2 Å². The van der Waals surface area contributed by atoms with Crippen molar-refractivity contribution >= 4 is 22.6 Å². The maximum absolute atomic E-state index is 12.8. The van der Waals surface area contributed by atoms with E-state index >= 15 is 0 Å². The molecule has 2 heterocycles. The van der Waals surface area contributed by atoms with Gasteiger partial charge in [-0.25, -0.2) is 4.68 Å². The van der Waals surface area contributed by atoms with Crippen molar-refractivity contribution in [2.45, 2.75) is 18.9 Å². The number of carbonyl (C=O) groups is 2. The molecule has 1 aliphatic heterocycles. The van der Waals surface area contributed by atoms with Crippen LogP contribution in [0, 0.1) is 0 Å². The summed E-state index contributed by atoms with van der Waals surface area (Å²) < 4.78 is 6.63. The van der Waals surface area contributed by atoms with Gasteiger partial charge in [0.05, 0.1) is 11.6 Å². The molecule has 23 heavy (non-hydrogen) atoms. The van der Waals surface area contributed by atoms with Gasteiger partial charge in [-0.3, -0.25) is 19.7 Å². The second-order valence-corrected chi connectivity index (χ2v) is 5.22. The number of piperidine rings is 1. The lowest BCUT2D eigenvalue weighted by Gasteiger charge is -2.22. The number of nitrogens with two attached hydrogens (primary N) is 1. The number of nitrogens with zero attached hydrogens (tertiary/aromatic N) is 2. The number of nitrogens with one attached hydrogen (secondary N) is 1. The standard InChI is InChI=1S/C15H16N4O4/c16-6-7-23-11-3-1-2-9-8-17-19(15(22)13(9)11)10-4-5-12(20)18-14(10)21/h1-3,8,10H,4-7,16H2,(H,18,20,21). The SMILES string of the molecule is NCCOc1cccc2cnn(C3CCC(=O)NC3=O)c(=O)c12. The summed E-state index contributed by atoms with van der Waals surface area (Å²) in [6, 6.07) is 4.38. The Hall–Kier alpha value is -2.74. The van der Waals surface area contributed by atoms with Gasteiger partial charge < -0.3 is 10.5 Å². The Morgan fingerprint density at radius 3 is 2.91 bits per heavy atom. The van der Waals surface area contributed by atoms with Crippen LogP contribution in [0.2, 0.25) is 0 Å². The van der Waals surface area contributed by atoms with Crippen molar-refractivity contribution in [3.05, 3.63) is 34.7 Å². The lowest BCUT2D eigenvalue weighted by molar-refractivity contribution is -0.136. The molecule has 1 saturated heterocycles. The summed E-state index contributed by atoms with van der Waals surface area (Å²) in [5.41, 5.74) is 5.00. The van der Waals surface area contributed by atoms with E-state index in [-0.39, 0.29) is 25.4 Å². The van der Waals surface area contributed by atoms with Gasteiger partial charge in [0.25, 0.3) is 11.5 Å². The average Bonchev–Trinajstić information content (AvgIpc) is 2.54. The number of amides is 2. The van der Waals surface area contributed by atoms with Crippen LogP contribution in [0.25, 0.3) is 10.8 Å². The Labute approximate surface area is 131 Å². The van der Waals surface area contributed by atoms with E-state index in [1.165, 1.54) is 6.20 Å². The lowest BCUT2D eigenvalue weighted by Crippen LogP contribution is -2.45. The van der Waals surface area contributed by atoms with E-state index in [4.69, 9.17) is 10.5 Å². The fraction of sp³-hybridized carbons (Fsp3) is 0.333. The van der Waals surface area contributed by atoms with Gasteiger partial charge in [-0.15, -0.1) is 0 Å². The summed E-state index contributed by atoms with van der Waals surface area (Å²) in [6.45, 7) is 0.599. The third kappa shape index (κ3) is 2.80. The Kier molecular flexibility index (Phi) is 4.07. The molecule has 120 valence electrons. The minimum Gasteiger partial charge on any atom is -0.491 e. The van der Waals surface area contributed by atoms with Gasteiger partial charge in [-0.1, -0.05) is 12.1 Å². The Morgan fingerprint density at radius 1 is 1.35 bits per heavy atom. The molecule has 1 aromatic heterocycles. The van der Waals surface area contributed by atoms with Crippen LogP contribution in [0.5, 0.6) is 5.75 Å². The minimum absolute atomic E-state index is 0.174. The number of ether oxygens (including phenoxy) is 1. The largest absolute Gasteiger partial charge is 0.491 e. The van der Waals surface area contributed by atoms with Crippen LogP contribution in [0.1, 0.15) is 18.9 Å². The molecule has 0 spiro atoms. The summed E-state index contributed by atoms with van der Waals surface area (Å²) in [6.07, 6.45) is 1.93. The Morgan fingerprint density at radius 2 is 2.17 bits per heavy atom. The van der Waals surface area contributed by atoms with Crippen LogP contribution in [0.3, 0.4) is 0 Å². The normalized spacial score (nSPS) is 18.0. The summed E-state index contributed by atoms with van der Waals surface area (Å²) >= 11 is 0. The van der Waals surface area contributed by atoms with Crippen LogP contribution in [-0.4, -0.2) is 34.7 Å². The van der Waals surface area contributed by atoms with E-state index in [9.17, 15) is 14.4 Å². The number of imide groups is 1. The Bertz CT molecular complexity index is 830. The molecule has 3 N–H and O–H groups in total. The van der Waals surface area contributed by atoms with Crippen molar-refractivity contribution in [1.29, 1.82) is 0 Å². The monoisotopic (exact) mass is 316 g/mol. The molecule has 1 aromatic carbocycles. The molecular weight excluding hydrogens is 300 g/mol. The number of hydrogen-bond acceptors (Lipinski definition) is 6. The van der Waals surface area contributed by atoms with Gasteiger partial charge >= 0.3 is 0 Å². The number of hydrogen-bond donors (Lipinski definition) is 2. The van der Waals surface area contributed by atoms with Crippen molar-refractivity contribution in [2.75, 3.05) is 13.2 Å². The number of carbonyl (C=O) groups excluding carboxylic acids is 2. The topological polar surface area (TPSA) is 116 Å². The number of benzene rings is 1. The van der Waals surface area contributed by atoms with Gasteiger partial charge in [-0.05, 0) is 12.5 Å². The first-order chi connectivity index (χ1) is 11.1. The summed E-state index contributed by atoms with van der Waals surface area (Å²) in [5, 5.41) is 7.27. The van der Waals surface area contributed by atoms with Crippen molar-refractivity contribution in [2.24, 2.45) is 5.73 Å². The molecule has 1 aliphatic rings. The second kappa shape index (κ2) is 6.17. The predicted molar refractivity (Wildman–Crippen MR) is 82.0 cm³/mol. The van der Waals surface area contributed by atoms with Crippen LogP contribution in [-0.2, 0) is 9.59 Å². The van der Waals surface area contributed by atoms with Crippen molar-refractivity contribution < 1.29 is 14.3 Å². The average molecular weight is 316 g/mol. The molecule has 1 fully saturated rings. The molecule has 8 heteroatoms. The molecule has 0 radical (unpaired) electrons. The first-order valence-corrected chi connectivity index (χ1v) is 7.29. The molecule has 1 atom stereocenters. The third-order valence-electron chi connectivity index (χ3n) is 3.68. The summed E-state index contributed by atoms with van der Waals surface area (Å²) in [7, 11) is 0. The van der Waals surface area contributed by atoms with E-state index in [0.29, 0.717) is 23.1 Å². The molecule has 8 nitrogen and oxygen atoms in total. The summed E-state index contributed by atoms with van der Waals surface area (Å²) in [5.74, 6) is -0.455. The lowest BCUT2D eigenvalue weighted by atomic mass is 10.1. The number of rotatable bonds is 4. The highest BCUT2D eigenvalue weighted by Gasteiger charge is 2.30. The number of aromatic nitrogens is 2. The van der Waals surface area contributed by atoms with Gasteiger partial charge in [0, 0.05) is 18.4 Å². The highest BCUT2D eigenvalue weighted by Crippen LogP contribution is 2.23. The van der Waals surface area contributed by atoms with Crippen molar-refractivity contribution in [3.63, 3.8) is 0 Å². The molecule has 2 aromatic rings. The maximum Gasteiger partial charge on any atom is 0.279 e. The highest BCUT2D eigenvalue weighted by molar-refractivity contribution is 5.99. The minimum atomic E-state index is -0.799. The second-order valence-electron chi connectivity index (χ2n) is 5.22. The van der Waals surface area contributed by atoms with Crippen LogP contribution >= 0.6 is 0 Å². The smallest absolute Gasteiger partial charge is 0.279 e. The molecule has 0 bridgehead atoms. The molecule has 2 amide bonds. The molecule has 1 unspecified atom stereocenters. The van der Waals surface area contributed by atoms with Crippen molar-refractivity contribution in [1.82, 2.24) is 15.1 Å². The quantitative estimate of drug-likeness (QED) is 0.749. The predicted octanol–water partition coefficient (Wildman–Crippen LogP) is -0.288. The number of fused-ring (bicyclic) bond motifs is 1. The molecule has 0 saturated carbocycles. The fourth-order valence-corrected chi connectivity index (χ4v) is 2.60. The van der Waals surface area contributed by atoms with E-state index in [0.717, 1.165) is 4.68 Å². The first-order valence-electron chi connectivity index (χ1n) is 7.29. The first kappa shape index (κ1) is 15.2. The van der Waals surface area contributed by atoms with E-state index < -0.39 is 17.5 Å². The molecule has 3 rings (SSSR count). The molecule has 0 aliphatic carbocycles. The zero-order chi connectivity index (χ0) is 16.4. The van der Waals surface area contributed by atoms with Crippen molar-refractivity contribution in [3.8, 4) is 5.75 Å². The highest BCUT2D eigenvalue weighted by atomic mass is 16.5. The van der Waals surface area contributed by atoms with E-state index in [1.807, 2.05) is 0 Å². The van der Waals surface area contributed by atoms with E-state index in [2.05, 4.69) is 10.4 Å². The maximum atomic E-state index is 12.8.